The molecule has 0 atom stereocenters. The molecule has 136 valence electrons. The highest BCUT2D eigenvalue weighted by Crippen LogP contribution is 2.20. The first-order valence-electron chi connectivity index (χ1n) is 7.69. The Balaban J connectivity index is 1.82. The van der Waals surface area contributed by atoms with Crippen LogP contribution >= 0.6 is 23.2 Å². The predicted octanol–water partition coefficient (Wildman–Crippen LogP) is 2.82. The SMILES string of the molecule is CN(CC(=O)Nc1ccccc1Cl)C(=O)CNC(=O)c1cccc(Cl)c1. The molecule has 0 saturated heterocycles. The molecule has 0 saturated carbocycles. The van der Waals surface area contributed by atoms with Gasteiger partial charge in [0.15, 0.2) is 0 Å². The lowest BCUT2D eigenvalue weighted by Gasteiger charge is -2.17. The van der Waals surface area contributed by atoms with Crippen LogP contribution in [0.25, 0.3) is 0 Å². The molecule has 2 N–H and O–H groups in total. The van der Waals surface area contributed by atoms with Crippen molar-refractivity contribution in [3.63, 3.8) is 0 Å². The van der Waals surface area contributed by atoms with Crippen LogP contribution in [0, 0.1) is 0 Å². The summed E-state index contributed by atoms with van der Waals surface area (Å²) in [5.41, 5.74) is 0.818. The van der Waals surface area contributed by atoms with E-state index in [2.05, 4.69) is 10.6 Å². The van der Waals surface area contributed by atoms with Gasteiger partial charge in [0.1, 0.15) is 0 Å². The first-order valence-corrected chi connectivity index (χ1v) is 8.44. The number of halogens is 2. The smallest absolute Gasteiger partial charge is 0.251 e. The van der Waals surface area contributed by atoms with Gasteiger partial charge in [-0.25, -0.2) is 0 Å². The van der Waals surface area contributed by atoms with Crippen molar-refractivity contribution in [2.45, 2.75) is 0 Å². The van der Waals surface area contributed by atoms with Crippen molar-refractivity contribution >= 4 is 46.6 Å². The summed E-state index contributed by atoms with van der Waals surface area (Å²) in [5, 5.41) is 5.96. The molecular weight excluding hydrogens is 377 g/mol. The molecular formula is C18H17Cl2N3O3. The first-order chi connectivity index (χ1) is 12.4. The van der Waals surface area contributed by atoms with E-state index in [0.29, 0.717) is 21.3 Å². The topological polar surface area (TPSA) is 78.5 Å². The highest BCUT2D eigenvalue weighted by Gasteiger charge is 2.15. The van der Waals surface area contributed by atoms with Gasteiger partial charge in [-0.15, -0.1) is 0 Å². The number of likely N-dealkylation sites (N-methyl/N-ethyl adjacent to an activating group) is 1. The summed E-state index contributed by atoms with van der Waals surface area (Å²) in [6.45, 7) is -0.404. The van der Waals surface area contributed by atoms with Gasteiger partial charge in [-0.1, -0.05) is 41.4 Å². The van der Waals surface area contributed by atoms with Gasteiger partial charge in [-0.2, -0.15) is 0 Å². The molecule has 0 spiro atoms. The largest absolute Gasteiger partial charge is 0.343 e. The molecule has 0 bridgehead atoms. The Morgan fingerprint density at radius 2 is 1.77 bits per heavy atom. The van der Waals surface area contributed by atoms with Gasteiger partial charge in [0.25, 0.3) is 5.91 Å². The fraction of sp³-hybridized carbons (Fsp3) is 0.167. The molecule has 8 heteroatoms. The molecule has 0 aliphatic rings. The van der Waals surface area contributed by atoms with E-state index in [1.807, 2.05) is 0 Å². The minimum atomic E-state index is -0.422. The summed E-state index contributed by atoms with van der Waals surface area (Å²) >= 11 is 11.8. The van der Waals surface area contributed by atoms with Crippen molar-refractivity contribution < 1.29 is 14.4 Å². The number of hydrogen-bond acceptors (Lipinski definition) is 3. The molecule has 2 aromatic carbocycles. The standard InChI is InChI=1S/C18H17Cl2N3O3/c1-23(11-16(24)22-15-8-3-2-7-14(15)20)17(25)10-21-18(26)12-5-4-6-13(19)9-12/h2-9H,10-11H2,1H3,(H,21,26)(H,22,24). The minimum absolute atomic E-state index is 0.170. The second kappa shape index (κ2) is 9.22. The van der Waals surface area contributed by atoms with E-state index in [9.17, 15) is 14.4 Å². The maximum atomic E-state index is 12.1. The number of rotatable bonds is 6. The van der Waals surface area contributed by atoms with Crippen LogP contribution in [-0.4, -0.2) is 42.8 Å². The maximum absolute atomic E-state index is 12.1. The van der Waals surface area contributed by atoms with E-state index in [0.717, 1.165) is 0 Å². The van der Waals surface area contributed by atoms with Gasteiger partial charge in [-0.3, -0.25) is 14.4 Å². The predicted molar refractivity (Wildman–Crippen MR) is 102 cm³/mol. The lowest BCUT2D eigenvalue weighted by Crippen LogP contribution is -2.41. The number of carbonyl (C=O) groups is 3. The van der Waals surface area contributed by atoms with Gasteiger partial charge < -0.3 is 15.5 Å². The van der Waals surface area contributed by atoms with E-state index >= 15 is 0 Å². The molecule has 26 heavy (non-hydrogen) atoms. The molecule has 3 amide bonds. The molecule has 0 fully saturated rings. The van der Waals surface area contributed by atoms with Crippen molar-refractivity contribution in [2.75, 3.05) is 25.5 Å². The molecule has 0 aliphatic heterocycles. The highest BCUT2D eigenvalue weighted by atomic mass is 35.5. The molecule has 0 aliphatic carbocycles. The Morgan fingerprint density at radius 1 is 1.04 bits per heavy atom. The highest BCUT2D eigenvalue weighted by molar-refractivity contribution is 6.33. The van der Waals surface area contributed by atoms with E-state index < -0.39 is 17.7 Å². The zero-order valence-corrected chi connectivity index (χ0v) is 15.5. The lowest BCUT2D eigenvalue weighted by molar-refractivity contribution is -0.132. The van der Waals surface area contributed by atoms with Crippen LogP contribution in [0.5, 0.6) is 0 Å². The Morgan fingerprint density at radius 3 is 2.46 bits per heavy atom. The van der Waals surface area contributed by atoms with Gasteiger partial charge in [0, 0.05) is 17.6 Å². The number of nitrogens with one attached hydrogen (secondary N) is 2. The molecule has 0 unspecified atom stereocenters. The lowest BCUT2D eigenvalue weighted by atomic mass is 10.2. The Labute approximate surface area is 161 Å². The monoisotopic (exact) mass is 393 g/mol. The van der Waals surface area contributed by atoms with Crippen molar-refractivity contribution in [1.82, 2.24) is 10.2 Å². The molecule has 2 rings (SSSR count). The first kappa shape index (κ1) is 19.8. The Kier molecular flexibility index (Phi) is 7.00. The zero-order chi connectivity index (χ0) is 19.1. The number of para-hydroxylation sites is 1. The van der Waals surface area contributed by atoms with Crippen molar-refractivity contribution in [3.8, 4) is 0 Å². The van der Waals surface area contributed by atoms with E-state index in [4.69, 9.17) is 23.2 Å². The van der Waals surface area contributed by atoms with Crippen LogP contribution in [0.1, 0.15) is 10.4 Å². The fourth-order valence-corrected chi connectivity index (χ4v) is 2.45. The average Bonchev–Trinajstić information content (AvgIpc) is 2.61. The molecule has 0 radical (unpaired) electrons. The molecule has 2 aromatic rings. The van der Waals surface area contributed by atoms with Gasteiger partial charge in [-0.05, 0) is 30.3 Å². The average molecular weight is 394 g/mol. The number of anilines is 1. The molecule has 0 aromatic heterocycles. The van der Waals surface area contributed by atoms with Crippen LogP contribution in [0.4, 0.5) is 5.69 Å². The quantitative estimate of drug-likeness (QED) is 0.791. The molecule has 0 heterocycles. The van der Waals surface area contributed by atoms with Crippen LogP contribution in [0.3, 0.4) is 0 Å². The van der Waals surface area contributed by atoms with E-state index in [1.165, 1.54) is 18.0 Å². The van der Waals surface area contributed by atoms with Crippen LogP contribution in [0.15, 0.2) is 48.5 Å². The summed E-state index contributed by atoms with van der Waals surface area (Å²) in [6.07, 6.45) is 0. The number of nitrogens with zero attached hydrogens (tertiary/aromatic N) is 1. The van der Waals surface area contributed by atoms with Gasteiger partial charge >= 0.3 is 0 Å². The van der Waals surface area contributed by atoms with Gasteiger partial charge in [0.2, 0.25) is 11.8 Å². The van der Waals surface area contributed by atoms with Crippen LogP contribution in [-0.2, 0) is 9.59 Å². The van der Waals surface area contributed by atoms with Crippen LogP contribution in [0.2, 0.25) is 10.0 Å². The number of amides is 3. The zero-order valence-electron chi connectivity index (χ0n) is 14.0. The second-order valence-electron chi connectivity index (χ2n) is 5.47. The third-order valence-electron chi connectivity index (χ3n) is 3.44. The summed E-state index contributed by atoms with van der Waals surface area (Å²) in [7, 11) is 1.47. The molecule has 6 nitrogen and oxygen atoms in total. The third kappa shape index (κ3) is 5.75. The van der Waals surface area contributed by atoms with Gasteiger partial charge in [0.05, 0.1) is 23.8 Å². The summed E-state index contributed by atoms with van der Waals surface area (Å²) in [5.74, 6) is -1.22. The summed E-state index contributed by atoms with van der Waals surface area (Å²) in [6, 6.07) is 13.2. The summed E-state index contributed by atoms with van der Waals surface area (Å²) in [4.78, 5) is 37.3. The Bertz CT molecular complexity index is 827. The van der Waals surface area contributed by atoms with E-state index in [1.54, 1.807) is 42.5 Å². The number of benzene rings is 2. The van der Waals surface area contributed by atoms with Crippen molar-refractivity contribution in [2.24, 2.45) is 0 Å². The third-order valence-corrected chi connectivity index (χ3v) is 4.01. The Hall–Kier alpha value is -2.57. The van der Waals surface area contributed by atoms with Crippen LogP contribution < -0.4 is 10.6 Å². The van der Waals surface area contributed by atoms with E-state index in [-0.39, 0.29) is 13.1 Å². The minimum Gasteiger partial charge on any atom is -0.343 e. The fourth-order valence-electron chi connectivity index (χ4n) is 2.08. The second-order valence-corrected chi connectivity index (χ2v) is 6.31. The maximum Gasteiger partial charge on any atom is 0.251 e. The summed E-state index contributed by atoms with van der Waals surface area (Å²) < 4.78 is 0. The van der Waals surface area contributed by atoms with Crippen molar-refractivity contribution in [3.05, 3.63) is 64.1 Å². The number of hydrogen-bond donors (Lipinski definition) is 2. The normalized spacial score (nSPS) is 10.1. The number of carbonyl (C=O) groups excluding carboxylic acids is 3. The van der Waals surface area contributed by atoms with Crippen molar-refractivity contribution in [1.29, 1.82) is 0 Å².